The van der Waals surface area contributed by atoms with Gasteiger partial charge in [-0.15, -0.1) is 0 Å². The molecule has 0 bridgehead atoms. The average molecular weight is 440 g/mol. The SMILES string of the molecule is CCN(Cc1ccc(OC(C)C)cc1)[C@@H]1CCN(c2nccc(C)c2C(=O)OC(C)C)C1. The summed E-state index contributed by atoms with van der Waals surface area (Å²) >= 11 is 0. The smallest absolute Gasteiger partial charge is 0.342 e. The minimum Gasteiger partial charge on any atom is -0.491 e. The quantitative estimate of drug-likeness (QED) is 0.521. The lowest BCUT2D eigenvalue weighted by molar-refractivity contribution is 0.0377. The summed E-state index contributed by atoms with van der Waals surface area (Å²) in [5.41, 5.74) is 2.77. The lowest BCUT2D eigenvalue weighted by Gasteiger charge is -2.28. The molecule has 1 fully saturated rings. The molecule has 1 aliphatic rings. The van der Waals surface area contributed by atoms with Crippen molar-refractivity contribution in [2.45, 2.75) is 72.8 Å². The van der Waals surface area contributed by atoms with Crippen molar-refractivity contribution >= 4 is 11.8 Å². The zero-order chi connectivity index (χ0) is 23.3. The zero-order valence-corrected chi connectivity index (χ0v) is 20.3. The molecule has 174 valence electrons. The first-order valence-electron chi connectivity index (χ1n) is 11.7. The summed E-state index contributed by atoms with van der Waals surface area (Å²) in [6.45, 7) is 15.5. The highest BCUT2D eigenvalue weighted by Crippen LogP contribution is 2.28. The summed E-state index contributed by atoms with van der Waals surface area (Å²) in [6.07, 6.45) is 2.84. The second kappa shape index (κ2) is 10.8. The zero-order valence-electron chi connectivity index (χ0n) is 20.3. The van der Waals surface area contributed by atoms with Crippen LogP contribution in [0, 0.1) is 6.92 Å². The molecule has 0 saturated carbocycles. The Morgan fingerprint density at radius 3 is 2.50 bits per heavy atom. The van der Waals surface area contributed by atoms with Crippen molar-refractivity contribution in [2.75, 3.05) is 24.5 Å². The highest BCUT2D eigenvalue weighted by molar-refractivity contribution is 5.96. The van der Waals surface area contributed by atoms with Crippen LogP contribution in [0.3, 0.4) is 0 Å². The van der Waals surface area contributed by atoms with E-state index in [2.05, 4.69) is 33.8 Å². The van der Waals surface area contributed by atoms with Crippen LogP contribution in [0.4, 0.5) is 5.82 Å². The summed E-state index contributed by atoms with van der Waals surface area (Å²) in [5.74, 6) is 1.36. The molecular formula is C26H37N3O3. The number of esters is 1. The Morgan fingerprint density at radius 1 is 1.16 bits per heavy atom. The third-order valence-electron chi connectivity index (χ3n) is 5.75. The molecule has 1 aromatic carbocycles. The Balaban J connectivity index is 1.70. The topological polar surface area (TPSA) is 54.9 Å². The molecule has 1 saturated heterocycles. The van der Waals surface area contributed by atoms with Gasteiger partial charge in [-0.05, 0) is 76.9 Å². The van der Waals surface area contributed by atoms with E-state index >= 15 is 0 Å². The van der Waals surface area contributed by atoms with E-state index in [1.165, 1.54) is 5.56 Å². The Bertz CT molecular complexity index is 896. The van der Waals surface area contributed by atoms with Gasteiger partial charge in [-0.1, -0.05) is 19.1 Å². The van der Waals surface area contributed by atoms with Crippen LogP contribution in [0.1, 0.15) is 62.5 Å². The fourth-order valence-corrected chi connectivity index (χ4v) is 4.22. The van der Waals surface area contributed by atoms with Crippen molar-refractivity contribution in [1.29, 1.82) is 0 Å². The molecule has 0 aliphatic carbocycles. The van der Waals surface area contributed by atoms with Crippen molar-refractivity contribution < 1.29 is 14.3 Å². The molecule has 1 atom stereocenters. The molecule has 0 N–H and O–H groups in total. The maximum atomic E-state index is 12.8. The predicted molar refractivity (Wildman–Crippen MR) is 128 cm³/mol. The predicted octanol–water partition coefficient (Wildman–Crippen LogP) is 4.84. The second-order valence-electron chi connectivity index (χ2n) is 9.04. The summed E-state index contributed by atoms with van der Waals surface area (Å²) in [7, 11) is 0. The summed E-state index contributed by atoms with van der Waals surface area (Å²) in [5, 5.41) is 0. The fraction of sp³-hybridized carbons (Fsp3) is 0.538. The molecular weight excluding hydrogens is 402 g/mol. The third kappa shape index (κ3) is 6.00. The number of carbonyl (C=O) groups is 1. The third-order valence-corrected chi connectivity index (χ3v) is 5.75. The van der Waals surface area contributed by atoms with E-state index in [0.717, 1.165) is 49.7 Å². The molecule has 1 aliphatic heterocycles. The average Bonchev–Trinajstić information content (AvgIpc) is 3.22. The van der Waals surface area contributed by atoms with Gasteiger partial charge >= 0.3 is 5.97 Å². The molecule has 6 nitrogen and oxygen atoms in total. The summed E-state index contributed by atoms with van der Waals surface area (Å²) < 4.78 is 11.3. The van der Waals surface area contributed by atoms with Crippen LogP contribution in [0.25, 0.3) is 0 Å². The van der Waals surface area contributed by atoms with Gasteiger partial charge in [-0.2, -0.15) is 0 Å². The number of likely N-dealkylation sites (N-methyl/N-ethyl adjacent to an activating group) is 1. The number of benzene rings is 1. The Morgan fingerprint density at radius 2 is 1.88 bits per heavy atom. The number of anilines is 1. The van der Waals surface area contributed by atoms with Crippen LogP contribution in [-0.2, 0) is 11.3 Å². The first kappa shape index (κ1) is 24.1. The lowest BCUT2D eigenvalue weighted by Crippen LogP contribution is -2.37. The normalized spacial score (nSPS) is 16.3. The Hall–Kier alpha value is -2.60. The molecule has 32 heavy (non-hydrogen) atoms. The van der Waals surface area contributed by atoms with Gasteiger partial charge in [0.15, 0.2) is 0 Å². The van der Waals surface area contributed by atoms with Crippen LogP contribution in [-0.4, -0.2) is 53.7 Å². The van der Waals surface area contributed by atoms with Crippen LogP contribution in [0.5, 0.6) is 5.75 Å². The molecule has 0 spiro atoms. The van der Waals surface area contributed by atoms with Gasteiger partial charge in [0.05, 0.1) is 12.2 Å². The maximum absolute atomic E-state index is 12.8. The monoisotopic (exact) mass is 439 g/mol. The first-order valence-corrected chi connectivity index (χ1v) is 11.7. The van der Waals surface area contributed by atoms with Crippen molar-refractivity contribution in [3.8, 4) is 5.75 Å². The van der Waals surface area contributed by atoms with Crippen molar-refractivity contribution in [1.82, 2.24) is 9.88 Å². The maximum Gasteiger partial charge on any atom is 0.342 e. The lowest BCUT2D eigenvalue weighted by atomic mass is 10.1. The van der Waals surface area contributed by atoms with Gasteiger partial charge in [-0.3, -0.25) is 4.90 Å². The van der Waals surface area contributed by atoms with Gasteiger partial charge in [-0.25, -0.2) is 9.78 Å². The molecule has 3 rings (SSSR count). The van der Waals surface area contributed by atoms with Crippen molar-refractivity contribution in [3.05, 3.63) is 53.2 Å². The van der Waals surface area contributed by atoms with Gasteiger partial charge < -0.3 is 14.4 Å². The highest BCUT2D eigenvalue weighted by atomic mass is 16.5. The van der Waals surface area contributed by atoms with Gasteiger partial charge in [0, 0.05) is 31.9 Å². The number of aromatic nitrogens is 1. The Labute approximate surface area is 192 Å². The summed E-state index contributed by atoms with van der Waals surface area (Å²) in [4.78, 5) is 22.1. The van der Waals surface area contributed by atoms with Crippen LogP contribution < -0.4 is 9.64 Å². The minimum absolute atomic E-state index is 0.158. The fourth-order valence-electron chi connectivity index (χ4n) is 4.22. The number of hydrogen-bond donors (Lipinski definition) is 0. The van der Waals surface area contributed by atoms with E-state index in [1.54, 1.807) is 6.20 Å². The highest BCUT2D eigenvalue weighted by Gasteiger charge is 2.31. The number of rotatable bonds is 9. The van der Waals surface area contributed by atoms with Crippen LogP contribution in [0.15, 0.2) is 36.5 Å². The molecule has 6 heteroatoms. The molecule has 2 aromatic rings. The number of hydrogen-bond acceptors (Lipinski definition) is 6. The van der Waals surface area contributed by atoms with E-state index in [-0.39, 0.29) is 18.2 Å². The number of carbonyl (C=O) groups excluding carboxylic acids is 1. The Kier molecular flexibility index (Phi) is 8.13. The van der Waals surface area contributed by atoms with E-state index in [1.807, 2.05) is 52.8 Å². The van der Waals surface area contributed by atoms with Crippen molar-refractivity contribution in [3.63, 3.8) is 0 Å². The van der Waals surface area contributed by atoms with Gasteiger partial charge in [0.2, 0.25) is 0 Å². The minimum atomic E-state index is -0.292. The number of aryl methyl sites for hydroxylation is 1. The first-order chi connectivity index (χ1) is 15.3. The molecule has 0 amide bonds. The summed E-state index contributed by atoms with van der Waals surface area (Å²) in [6, 6.07) is 10.7. The largest absolute Gasteiger partial charge is 0.491 e. The number of nitrogens with zero attached hydrogens (tertiary/aromatic N) is 3. The molecule has 0 radical (unpaired) electrons. The number of ether oxygens (including phenoxy) is 2. The molecule has 2 heterocycles. The van der Waals surface area contributed by atoms with Crippen LogP contribution in [0.2, 0.25) is 0 Å². The van der Waals surface area contributed by atoms with E-state index in [9.17, 15) is 4.79 Å². The number of pyridine rings is 1. The van der Waals surface area contributed by atoms with Gasteiger partial charge in [0.25, 0.3) is 0 Å². The second-order valence-corrected chi connectivity index (χ2v) is 9.04. The standard InChI is InChI=1S/C26H37N3O3/c1-7-28(16-21-8-10-23(11-9-21)31-18(2)3)22-13-15-29(17-22)25-24(20(6)12-14-27-25)26(30)32-19(4)5/h8-12,14,18-19,22H,7,13,15-17H2,1-6H3/t22-/m1/s1. The van der Waals surface area contributed by atoms with E-state index < -0.39 is 0 Å². The van der Waals surface area contributed by atoms with Gasteiger partial charge in [0.1, 0.15) is 17.1 Å². The molecule has 0 unspecified atom stereocenters. The van der Waals surface area contributed by atoms with Crippen LogP contribution >= 0.6 is 0 Å². The van der Waals surface area contributed by atoms with Crippen molar-refractivity contribution in [2.24, 2.45) is 0 Å². The molecule has 1 aromatic heterocycles. The van der Waals surface area contributed by atoms with E-state index in [0.29, 0.717) is 11.6 Å². The van der Waals surface area contributed by atoms with E-state index in [4.69, 9.17) is 9.47 Å².